The molecular weight excluding hydrogens is 512 g/mol. The summed E-state index contributed by atoms with van der Waals surface area (Å²) in [4.78, 5) is 4.83. The molecule has 3 heterocycles. The highest BCUT2D eigenvalue weighted by molar-refractivity contribution is 6.06. The molecule has 40 heavy (non-hydrogen) atoms. The van der Waals surface area contributed by atoms with Crippen molar-refractivity contribution in [3.63, 3.8) is 0 Å². The molecule has 9 heteroatoms. The monoisotopic (exact) mass is 549 g/mol. The summed E-state index contributed by atoms with van der Waals surface area (Å²) in [6.07, 6.45) is 3.97. The molecule has 212 valence electrons. The lowest BCUT2D eigenvalue weighted by Crippen LogP contribution is -2.26. The Labute approximate surface area is 233 Å². The number of hydrazine groups is 1. The van der Waals surface area contributed by atoms with Crippen LogP contribution in [0, 0.1) is 17.6 Å². The maximum absolute atomic E-state index is 15.6. The van der Waals surface area contributed by atoms with Gasteiger partial charge in [-0.2, -0.15) is 0 Å². The average molecular weight is 550 g/mol. The van der Waals surface area contributed by atoms with Crippen molar-refractivity contribution in [3.8, 4) is 0 Å². The minimum absolute atomic E-state index is 0.249. The number of allylic oxidation sites excluding steroid dienone is 1. The van der Waals surface area contributed by atoms with Gasteiger partial charge in [0.1, 0.15) is 0 Å². The van der Waals surface area contributed by atoms with Gasteiger partial charge in [-0.3, -0.25) is 4.98 Å². The molecule has 2 aromatic heterocycles. The van der Waals surface area contributed by atoms with Gasteiger partial charge in [-0.25, -0.2) is 14.6 Å². The third-order valence-electron chi connectivity index (χ3n) is 7.90. The number of nitrogens with zero attached hydrogens (tertiary/aromatic N) is 3. The van der Waals surface area contributed by atoms with Gasteiger partial charge in [-0.1, -0.05) is 24.3 Å². The predicted octanol–water partition coefficient (Wildman–Crippen LogP) is 5.55. The van der Waals surface area contributed by atoms with Gasteiger partial charge >= 0.3 is 0 Å². The highest BCUT2D eigenvalue weighted by Crippen LogP contribution is 2.41. The molecule has 0 spiro atoms. The highest BCUT2D eigenvalue weighted by atomic mass is 19.2. The third-order valence-corrected chi connectivity index (χ3v) is 7.90. The van der Waals surface area contributed by atoms with E-state index in [9.17, 15) is 9.50 Å². The second-order valence-corrected chi connectivity index (χ2v) is 11.3. The number of fused-ring (bicyclic) bond motifs is 3. The van der Waals surface area contributed by atoms with Crippen LogP contribution in [0.25, 0.3) is 27.6 Å². The molecule has 5 N–H and O–H groups in total. The molecule has 1 atom stereocenters. The Balaban J connectivity index is 1.86. The quantitative estimate of drug-likeness (QED) is 0.206. The van der Waals surface area contributed by atoms with E-state index in [4.69, 9.17) is 21.3 Å². The van der Waals surface area contributed by atoms with Crippen molar-refractivity contribution in [2.75, 3.05) is 20.3 Å². The van der Waals surface area contributed by atoms with Crippen molar-refractivity contribution in [3.05, 3.63) is 82.7 Å². The van der Waals surface area contributed by atoms with Crippen LogP contribution in [0.5, 0.6) is 0 Å². The first-order valence-electron chi connectivity index (χ1n) is 13.6. The van der Waals surface area contributed by atoms with Crippen LogP contribution >= 0.6 is 0 Å². The highest BCUT2D eigenvalue weighted by Gasteiger charge is 2.29. The van der Waals surface area contributed by atoms with Crippen LogP contribution in [-0.4, -0.2) is 39.9 Å². The Morgan fingerprint density at radius 2 is 1.90 bits per heavy atom. The molecule has 4 aromatic rings. The Morgan fingerprint density at radius 3 is 2.55 bits per heavy atom. The number of aromatic nitrogens is 2. The van der Waals surface area contributed by atoms with Gasteiger partial charge in [-0.15, -0.1) is 0 Å². The molecule has 1 unspecified atom stereocenters. The maximum Gasteiger partial charge on any atom is 0.164 e. The summed E-state index contributed by atoms with van der Waals surface area (Å²) in [5.41, 5.74) is 10.1. The largest absolute Gasteiger partial charge is 0.401 e. The Hall–Kier alpha value is -3.53. The van der Waals surface area contributed by atoms with Gasteiger partial charge in [0.25, 0.3) is 0 Å². The lowest BCUT2D eigenvalue weighted by molar-refractivity contribution is 0.0608. The molecule has 0 radical (unpaired) electrons. The van der Waals surface area contributed by atoms with Gasteiger partial charge in [0, 0.05) is 48.7 Å². The predicted molar refractivity (Wildman–Crippen MR) is 154 cm³/mol. The number of rotatable bonds is 7. The molecule has 0 aliphatic carbocycles. The molecule has 1 aliphatic heterocycles. The van der Waals surface area contributed by atoms with E-state index in [0.717, 1.165) is 35.3 Å². The fourth-order valence-electron chi connectivity index (χ4n) is 5.91. The average Bonchev–Trinajstić information content (AvgIpc) is 3.21. The molecule has 1 saturated heterocycles. The molecule has 1 aliphatic rings. The van der Waals surface area contributed by atoms with E-state index < -0.39 is 23.3 Å². The summed E-state index contributed by atoms with van der Waals surface area (Å²) < 4.78 is 37.9. The van der Waals surface area contributed by atoms with Gasteiger partial charge in [0.15, 0.2) is 11.6 Å². The van der Waals surface area contributed by atoms with E-state index in [-0.39, 0.29) is 11.5 Å². The molecule has 2 aromatic carbocycles. The number of ether oxygens (including phenoxy) is 1. The standard InChI is InChI=1S/C31H37F2N5O2/c1-18(34)30(37(4)35)20-15-27-29(36-17-20)23-9-8-21(31(2,3)39)16-26(23)38(27)25(14-19-10-12-40-13-11-19)22-6-5-7-24(32)28(22)33/h5-9,15-17,19,25,39H,10-14,34-35H2,1-4H3/b30-18-. The number of pyridine rings is 1. The van der Waals surface area contributed by atoms with E-state index >= 15 is 4.39 Å². The van der Waals surface area contributed by atoms with Crippen LogP contribution in [0.3, 0.4) is 0 Å². The number of halogens is 2. The maximum atomic E-state index is 15.6. The lowest BCUT2D eigenvalue weighted by Gasteiger charge is -2.30. The van der Waals surface area contributed by atoms with E-state index in [2.05, 4.69) is 0 Å². The SMILES string of the molecule is C/C(N)=C(\c1cnc2c3ccc(C(C)(C)O)cc3n(C(CC3CCOCC3)c3cccc(F)c3F)c2c1)N(C)N. The molecule has 0 saturated carbocycles. The third kappa shape index (κ3) is 5.16. The van der Waals surface area contributed by atoms with E-state index in [1.54, 1.807) is 46.1 Å². The normalized spacial score (nSPS) is 16.4. The van der Waals surface area contributed by atoms with Gasteiger partial charge < -0.3 is 25.2 Å². The Kier molecular flexibility index (Phi) is 7.56. The summed E-state index contributed by atoms with van der Waals surface area (Å²) in [5.74, 6) is 4.63. The number of hydrogen-bond donors (Lipinski definition) is 3. The molecule has 0 bridgehead atoms. The second-order valence-electron chi connectivity index (χ2n) is 11.3. The van der Waals surface area contributed by atoms with Gasteiger partial charge in [-0.05, 0) is 69.7 Å². The van der Waals surface area contributed by atoms with Crippen LogP contribution in [0.4, 0.5) is 8.78 Å². The zero-order valence-electron chi connectivity index (χ0n) is 23.4. The number of aliphatic hydroxyl groups is 1. The topological polar surface area (TPSA) is 103 Å². The van der Waals surface area contributed by atoms with Crippen LogP contribution in [0.1, 0.15) is 62.8 Å². The van der Waals surface area contributed by atoms with Crippen molar-refractivity contribution in [1.29, 1.82) is 0 Å². The van der Waals surface area contributed by atoms with Crippen molar-refractivity contribution in [2.24, 2.45) is 17.5 Å². The number of nitrogens with two attached hydrogens (primary N) is 2. The summed E-state index contributed by atoms with van der Waals surface area (Å²) in [6, 6.07) is 11.5. The molecular formula is C31H37F2N5O2. The van der Waals surface area contributed by atoms with Crippen LogP contribution < -0.4 is 11.6 Å². The number of benzene rings is 2. The Morgan fingerprint density at radius 1 is 1.18 bits per heavy atom. The van der Waals surface area contributed by atoms with Crippen LogP contribution in [-0.2, 0) is 10.3 Å². The summed E-state index contributed by atoms with van der Waals surface area (Å²) in [7, 11) is 1.71. The van der Waals surface area contributed by atoms with E-state index in [0.29, 0.717) is 47.7 Å². The fraction of sp³-hybridized carbons (Fsp3) is 0.387. The summed E-state index contributed by atoms with van der Waals surface area (Å²) >= 11 is 0. The zero-order chi connectivity index (χ0) is 28.8. The Bertz CT molecular complexity index is 1580. The minimum atomic E-state index is -1.11. The fourth-order valence-corrected chi connectivity index (χ4v) is 5.91. The first-order valence-corrected chi connectivity index (χ1v) is 13.6. The zero-order valence-corrected chi connectivity index (χ0v) is 23.4. The van der Waals surface area contributed by atoms with Crippen molar-refractivity contribution in [1.82, 2.24) is 14.6 Å². The smallest absolute Gasteiger partial charge is 0.164 e. The van der Waals surface area contributed by atoms with Crippen LogP contribution in [0.15, 0.2) is 54.4 Å². The molecule has 5 rings (SSSR count). The second kappa shape index (κ2) is 10.8. The first kappa shape index (κ1) is 28.0. The minimum Gasteiger partial charge on any atom is -0.401 e. The summed E-state index contributed by atoms with van der Waals surface area (Å²) in [6.45, 7) is 6.49. The molecule has 0 amide bonds. The first-order chi connectivity index (χ1) is 19.0. The molecule has 7 nitrogen and oxygen atoms in total. The van der Waals surface area contributed by atoms with Gasteiger partial charge in [0.05, 0.1) is 33.9 Å². The van der Waals surface area contributed by atoms with Gasteiger partial charge in [0.2, 0.25) is 0 Å². The number of hydrogen-bond acceptors (Lipinski definition) is 6. The van der Waals surface area contributed by atoms with E-state index in [1.165, 1.54) is 5.01 Å². The molecule has 1 fully saturated rings. The lowest BCUT2D eigenvalue weighted by atomic mass is 9.88. The van der Waals surface area contributed by atoms with Crippen molar-refractivity contribution >= 4 is 27.6 Å². The summed E-state index contributed by atoms with van der Waals surface area (Å²) in [5, 5.41) is 13.2. The van der Waals surface area contributed by atoms with Crippen LogP contribution in [0.2, 0.25) is 0 Å². The van der Waals surface area contributed by atoms with Crippen molar-refractivity contribution < 1.29 is 18.6 Å². The van der Waals surface area contributed by atoms with E-state index in [1.807, 2.05) is 28.8 Å². The van der Waals surface area contributed by atoms with Crippen molar-refractivity contribution in [2.45, 2.75) is 51.7 Å².